The molecule has 1 aliphatic heterocycles. The Morgan fingerprint density at radius 3 is 2.31 bits per heavy atom. The van der Waals surface area contributed by atoms with Crippen molar-refractivity contribution in [2.24, 2.45) is 15.9 Å². The number of ether oxygens (including phenoxy) is 2. The van der Waals surface area contributed by atoms with E-state index in [0.29, 0.717) is 25.0 Å². The smallest absolute Gasteiger partial charge is 0.213 e. The fraction of sp³-hybridized carbons (Fsp3) is 0.517. The van der Waals surface area contributed by atoms with Crippen molar-refractivity contribution in [2.45, 2.75) is 88.6 Å². The molecule has 0 saturated carbocycles. The summed E-state index contributed by atoms with van der Waals surface area (Å²) in [5.74, 6) is 1.60. The van der Waals surface area contributed by atoms with E-state index in [1.165, 1.54) is 10.5 Å². The molecular weight excluding hydrogens is 476 g/mol. The van der Waals surface area contributed by atoms with Crippen LogP contribution in [0.1, 0.15) is 71.9 Å². The number of halogens is 1. The number of hydrogen-bond donors (Lipinski definition) is 0. The molecule has 0 saturated heterocycles. The minimum atomic E-state index is -0.700. The fourth-order valence-corrected chi connectivity index (χ4v) is 5.96. The second kappa shape index (κ2) is 12.3. The molecular formula is C29H39ClN2O2S. The lowest BCUT2D eigenvalue weighted by Gasteiger charge is -2.39. The molecule has 0 bridgehead atoms. The Balaban J connectivity index is 1.99. The third kappa shape index (κ3) is 6.24. The molecule has 0 amide bonds. The van der Waals surface area contributed by atoms with Crippen molar-refractivity contribution < 1.29 is 9.47 Å². The van der Waals surface area contributed by atoms with Crippen molar-refractivity contribution in [3.8, 4) is 0 Å². The van der Waals surface area contributed by atoms with Gasteiger partial charge in [0.15, 0.2) is 0 Å². The van der Waals surface area contributed by atoms with Crippen LogP contribution in [0.4, 0.5) is 0 Å². The maximum Gasteiger partial charge on any atom is 0.213 e. The van der Waals surface area contributed by atoms with Crippen molar-refractivity contribution in [3.05, 3.63) is 58.6 Å². The number of benzene rings is 2. The normalized spacial score (nSPS) is 20.9. The summed E-state index contributed by atoms with van der Waals surface area (Å²) in [6.45, 7) is 15.8. The number of rotatable bonds is 9. The molecule has 0 radical (unpaired) electrons. The Morgan fingerprint density at radius 2 is 1.71 bits per heavy atom. The predicted octanol–water partition coefficient (Wildman–Crippen LogP) is 8.21. The lowest BCUT2D eigenvalue weighted by molar-refractivity contribution is 0.247. The van der Waals surface area contributed by atoms with Crippen molar-refractivity contribution in [1.29, 1.82) is 0 Å². The van der Waals surface area contributed by atoms with Crippen molar-refractivity contribution in [2.75, 3.05) is 13.2 Å². The summed E-state index contributed by atoms with van der Waals surface area (Å²) in [6, 6.07) is 14.9. The van der Waals surface area contributed by atoms with Gasteiger partial charge in [0.2, 0.25) is 11.8 Å². The first kappa shape index (κ1) is 27.6. The van der Waals surface area contributed by atoms with E-state index in [0.717, 1.165) is 28.3 Å². The van der Waals surface area contributed by atoms with Gasteiger partial charge >= 0.3 is 0 Å². The standard InChI is InChI=1S/C29H39ClN2O2S/c1-8-20-13-12-14-21(17-20)35-22-15-16-23(25(30)18-22)24(9-2)29(7)28(34-11-4)31-26(19(5)6)27(32-29)33-10-3/h12-19,24,26H,8-11H2,1-7H3/t24?,26-,29+/m0/s1. The van der Waals surface area contributed by atoms with Crippen LogP contribution in [-0.2, 0) is 15.9 Å². The molecule has 0 fully saturated rings. The van der Waals surface area contributed by atoms with E-state index in [9.17, 15) is 0 Å². The minimum Gasteiger partial charge on any atom is -0.480 e. The van der Waals surface area contributed by atoms with Gasteiger partial charge in [0, 0.05) is 20.7 Å². The zero-order valence-electron chi connectivity index (χ0n) is 22.1. The second-order valence-electron chi connectivity index (χ2n) is 9.33. The zero-order chi connectivity index (χ0) is 25.6. The van der Waals surface area contributed by atoms with Gasteiger partial charge in [0.1, 0.15) is 11.6 Å². The van der Waals surface area contributed by atoms with Crippen LogP contribution in [0.15, 0.2) is 62.2 Å². The van der Waals surface area contributed by atoms with Crippen LogP contribution in [-0.4, -0.2) is 36.6 Å². The van der Waals surface area contributed by atoms with Crippen LogP contribution in [0.25, 0.3) is 0 Å². The van der Waals surface area contributed by atoms with E-state index in [2.05, 4.69) is 77.1 Å². The first-order valence-electron chi connectivity index (χ1n) is 12.8. The highest BCUT2D eigenvalue weighted by Crippen LogP contribution is 2.43. The van der Waals surface area contributed by atoms with Crippen LogP contribution in [0.2, 0.25) is 5.02 Å². The quantitative estimate of drug-likeness (QED) is 0.338. The Kier molecular flexibility index (Phi) is 9.71. The molecule has 0 N–H and O–H groups in total. The van der Waals surface area contributed by atoms with E-state index in [1.54, 1.807) is 11.8 Å². The molecule has 0 aliphatic carbocycles. The van der Waals surface area contributed by atoms with E-state index >= 15 is 0 Å². The van der Waals surface area contributed by atoms with E-state index in [4.69, 9.17) is 31.1 Å². The molecule has 0 spiro atoms. The zero-order valence-corrected chi connectivity index (χ0v) is 23.7. The third-order valence-corrected chi connectivity index (χ3v) is 7.77. The van der Waals surface area contributed by atoms with Gasteiger partial charge in [-0.05, 0) is 74.9 Å². The molecule has 4 nitrogen and oxygen atoms in total. The molecule has 35 heavy (non-hydrogen) atoms. The SMILES string of the molecule is CCOC1=N[C@](C)(C(CC)c2ccc(Sc3cccc(CC)c3)cc2Cl)C(OCC)=N[C@H]1C(C)C. The average molecular weight is 515 g/mol. The van der Waals surface area contributed by atoms with Crippen LogP contribution >= 0.6 is 23.4 Å². The molecule has 3 rings (SSSR count). The van der Waals surface area contributed by atoms with Crippen molar-refractivity contribution in [1.82, 2.24) is 0 Å². The summed E-state index contributed by atoms with van der Waals surface area (Å²) >= 11 is 8.67. The predicted molar refractivity (Wildman–Crippen MR) is 150 cm³/mol. The van der Waals surface area contributed by atoms with Gasteiger partial charge < -0.3 is 9.47 Å². The number of hydrogen-bond acceptors (Lipinski definition) is 5. The summed E-state index contributed by atoms with van der Waals surface area (Å²) in [4.78, 5) is 12.5. The Morgan fingerprint density at radius 1 is 1.00 bits per heavy atom. The molecule has 2 aromatic carbocycles. The van der Waals surface area contributed by atoms with E-state index in [-0.39, 0.29) is 17.9 Å². The maximum absolute atomic E-state index is 6.94. The third-order valence-electron chi connectivity index (χ3n) is 6.47. The fourth-order valence-electron chi connectivity index (χ4n) is 4.64. The summed E-state index contributed by atoms with van der Waals surface area (Å²) in [5.41, 5.74) is 1.69. The van der Waals surface area contributed by atoms with Crippen molar-refractivity contribution in [3.63, 3.8) is 0 Å². The van der Waals surface area contributed by atoms with Gasteiger partial charge in [-0.15, -0.1) is 0 Å². The monoisotopic (exact) mass is 514 g/mol. The summed E-state index contributed by atoms with van der Waals surface area (Å²) in [5, 5.41) is 0.740. The van der Waals surface area contributed by atoms with Crippen molar-refractivity contribution >= 4 is 35.2 Å². The van der Waals surface area contributed by atoms with Gasteiger partial charge in [-0.2, -0.15) is 0 Å². The van der Waals surface area contributed by atoms with Gasteiger partial charge in [0.25, 0.3) is 0 Å². The highest BCUT2D eigenvalue weighted by atomic mass is 35.5. The topological polar surface area (TPSA) is 43.2 Å². The number of nitrogens with zero attached hydrogens (tertiary/aromatic N) is 2. The molecule has 1 heterocycles. The largest absolute Gasteiger partial charge is 0.480 e. The molecule has 3 atom stereocenters. The molecule has 0 aromatic heterocycles. The van der Waals surface area contributed by atoms with Crippen LogP contribution < -0.4 is 0 Å². The van der Waals surface area contributed by atoms with Gasteiger partial charge in [-0.1, -0.05) is 69.3 Å². The number of aryl methyl sites for hydroxylation is 1. The minimum absolute atomic E-state index is 0.00802. The first-order chi connectivity index (χ1) is 16.8. The first-order valence-corrected chi connectivity index (χ1v) is 14.0. The average Bonchev–Trinajstić information content (AvgIpc) is 2.82. The lowest BCUT2D eigenvalue weighted by Crippen LogP contribution is -2.48. The lowest BCUT2D eigenvalue weighted by atomic mass is 9.77. The van der Waals surface area contributed by atoms with Crippen LogP contribution in [0.5, 0.6) is 0 Å². The molecule has 1 aliphatic rings. The molecule has 190 valence electrons. The molecule has 6 heteroatoms. The highest BCUT2D eigenvalue weighted by Gasteiger charge is 2.46. The summed E-state index contributed by atoms with van der Waals surface area (Å²) < 4.78 is 12.1. The van der Waals surface area contributed by atoms with E-state index < -0.39 is 5.54 Å². The Hall–Kier alpha value is -1.98. The van der Waals surface area contributed by atoms with Crippen LogP contribution in [0.3, 0.4) is 0 Å². The van der Waals surface area contributed by atoms with E-state index in [1.807, 2.05) is 13.8 Å². The number of aliphatic imine (C=N–C) groups is 2. The Bertz CT molecular complexity index is 1070. The van der Waals surface area contributed by atoms with Gasteiger partial charge in [-0.3, -0.25) is 0 Å². The van der Waals surface area contributed by atoms with Gasteiger partial charge in [0.05, 0.1) is 13.2 Å². The molecule has 1 unspecified atom stereocenters. The summed E-state index contributed by atoms with van der Waals surface area (Å²) in [6.07, 6.45) is 1.86. The highest BCUT2D eigenvalue weighted by molar-refractivity contribution is 7.99. The van der Waals surface area contributed by atoms with Crippen LogP contribution in [0, 0.1) is 5.92 Å². The maximum atomic E-state index is 6.94. The second-order valence-corrected chi connectivity index (χ2v) is 10.9. The summed E-state index contributed by atoms with van der Waals surface area (Å²) in [7, 11) is 0. The van der Waals surface area contributed by atoms with Gasteiger partial charge in [-0.25, -0.2) is 9.98 Å². The molecule has 2 aromatic rings. The Labute approximate surface area is 220 Å².